The van der Waals surface area contributed by atoms with Crippen LogP contribution in [0.25, 0.3) is 0 Å². The molecule has 0 aromatic rings. The molecule has 0 aliphatic carbocycles. The number of hydrogen-bond donors (Lipinski definition) is 1. The Labute approximate surface area is 97.2 Å². The number of halogens is 4. The zero-order valence-electron chi connectivity index (χ0n) is 8.01. The maximum absolute atomic E-state index is 11.7. The molecular formula is C7H13F3INO2. The highest BCUT2D eigenvalue weighted by Gasteiger charge is 2.43. The summed E-state index contributed by atoms with van der Waals surface area (Å²) < 4.78 is 39.0. The van der Waals surface area contributed by atoms with Gasteiger partial charge in [0, 0.05) is 5.41 Å². The Balaban J connectivity index is 0. The predicted molar refractivity (Wildman–Crippen MR) is 55.0 cm³/mol. The van der Waals surface area contributed by atoms with Gasteiger partial charge in [0.05, 0.1) is 0 Å². The molecule has 0 aliphatic heterocycles. The lowest BCUT2D eigenvalue weighted by atomic mass is 9.95. The minimum absolute atomic E-state index is 0. The van der Waals surface area contributed by atoms with Gasteiger partial charge in [-0.05, 0) is 0 Å². The number of alkyl halides is 3. The number of hydrogen-bond acceptors (Lipinski definition) is 3. The SMILES string of the molecule is CC(C)(C)C(N)OC(=O)C(F)(F)F.I. The molecule has 86 valence electrons. The molecule has 3 nitrogen and oxygen atoms in total. The van der Waals surface area contributed by atoms with Crippen molar-refractivity contribution in [3.8, 4) is 0 Å². The highest BCUT2D eigenvalue weighted by Crippen LogP contribution is 2.22. The van der Waals surface area contributed by atoms with E-state index in [2.05, 4.69) is 4.74 Å². The second kappa shape index (κ2) is 5.15. The van der Waals surface area contributed by atoms with Crippen LogP contribution in [0.5, 0.6) is 0 Å². The van der Waals surface area contributed by atoms with Crippen LogP contribution in [0.4, 0.5) is 13.2 Å². The Morgan fingerprint density at radius 3 is 1.86 bits per heavy atom. The van der Waals surface area contributed by atoms with Gasteiger partial charge in [-0.1, -0.05) is 20.8 Å². The smallest absolute Gasteiger partial charge is 0.440 e. The standard InChI is InChI=1S/C7H12F3NO2.HI/c1-6(2,3)4(11)13-5(12)7(8,9)10;/h4H,11H2,1-3H3;1H. The van der Waals surface area contributed by atoms with Gasteiger partial charge in [0.25, 0.3) is 0 Å². The topological polar surface area (TPSA) is 52.3 Å². The van der Waals surface area contributed by atoms with Crippen LogP contribution < -0.4 is 5.73 Å². The zero-order chi connectivity index (χ0) is 10.9. The number of rotatable bonds is 1. The van der Waals surface area contributed by atoms with E-state index in [1.165, 1.54) is 0 Å². The van der Waals surface area contributed by atoms with Crippen molar-refractivity contribution in [1.29, 1.82) is 0 Å². The Bertz CT molecular complexity index is 200. The van der Waals surface area contributed by atoms with Crippen molar-refractivity contribution in [3.05, 3.63) is 0 Å². The first-order chi connectivity index (χ1) is 5.55. The first-order valence-electron chi connectivity index (χ1n) is 3.58. The van der Waals surface area contributed by atoms with Crippen molar-refractivity contribution in [2.45, 2.75) is 33.2 Å². The normalized spacial score (nSPS) is 14.2. The minimum Gasteiger partial charge on any atom is -0.440 e. The van der Waals surface area contributed by atoms with E-state index < -0.39 is 23.8 Å². The van der Waals surface area contributed by atoms with E-state index in [-0.39, 0.29) is 24.0 Å². The molecule has 0 saturated carbocycles. The lowest BCUT2D eigenvalue weighted by molar-refractivity contribution is -0.209. The van der Waals surface area contributed by atoms with Gasteiger partial charge in [0.2, 0.25) is 0 Å². The fourth-order valence-corrected chi connectivity index (χ4v) is 0.359. The molecule has 0 amide bonds. The van der Waals surface area contributed by atoms with Crippen LogP contribution in [0.2, 0.25) is 0 Å². The average Bonchev–Trinajstić information content (AvgIpc) is 1.82. The van der Waals surface area contributed by atoms with Crippen molar-refractivity contribution in [3.63, 3.8) is 0 Å². The minimum atomic E-state index is -4.98. The number of esters is 1. The number of nitrogens with two attached hydrogens (primary N) is 1. The summed E-state index contributed by atoms with van der Waals surface area (Å²) in [6.07, 6.45) is -6.25. The van der Waals surface area contributed by atoms with E-state index >= 15 is 0 Å². The number of carbonyl (C=O) groups excluding carboxylic acids is 1. The molecule has 0 aromatic heterocycles. The molecule has 0 bridgehead atoms. The van der Waals surface area contributed by atoms with E-state index in [1.54, 1.807) is 20.8 Å². The highest BCUT2D eigenvalue weighted by molar-refractivity contribution is 14.0. The van der Waals surface area contributed by atoms with E-state index in [4.69, 9.17) is 5.73 Å². The highest BCUT2D eigenvalue weighted by atomic mass is 127. The third-order valence-electron chi connectivity index (χ3n) is 1.32. The molecule has 0 fully saturated rings. The van der Waals surface area contributed by atoms with Gasteiger partial charge in [-0.15, -0.1) is 24.0 Å². The summed E-state index contributed by atoms with van der Waals surface area (Å²) >= 11 is 0. The molecular weight excluding hydrogens is 314 g/mol. The predicted octanol–water partition coefficient (Wildman–Crippen LogP) is 2.04. The van der Waals surface area contributed by atoms with Crippen LogP contribution >= 0.6 is 24.0 Å². The second-order valence-electron chi connectivity index (χ2n) is 3.69. The Morgan fingerprint density at radius 1 is 1.29 bits per heavy atom. The first kappa shape index (κ1) is 16.4. The average molecular weight is 327 g/mol. The molecule has 14 heavy (non-hydrogen) atoms. The van der Waals surface area contributed by atoms with E-state index in [0.717, 1.165) is 0 Å². The molecule has 7 heteroatoms. The van der Waals surface area contributed by atoms with Crippen LogP contribution in [-0.4, -0.2) is 18.4 Å². The number of carbonyl (C=O) groups is 1. The van der Waals surface area contributed by atoms with Crippen molar-refractivity contribution in [2.75, 3.05) is 0 Å². The Kier molecular flexibility index (Phi) is 6.03. The van der Waals surface area contributed by atoms with E-state index in [9.17, 15) is 18.0 Å². The van der Waals surface area contributed by atoms with Crippen LogP contribution in [0.1, 0.15) is 20.8 Å². The Hall–Kier alpha value is -0.0500. The molecule has 0 radical (unpaired) electrons. The molecule has 0 rings (SSSR count). The van der Waals surface area contributed by atoms with Gasteiger partial charge in [-0.25, -0.2) is 4.79 Å². The van der Waals surface area contributed by atoms with Gasteiger partial charge < -0.3 is 4.74 Å². The quantitative estimate of drug-likeness (QED) is 0.456. The zero-order valence-corrected chi connectivity index (χ0v) is 10.3. The molecule has 0 aromatic carbocycles. The summed E-state index contributed by atoms with van der Waals surface area (Å²) in [7, 11) is 0. The van der Waals surface area contributed by atoms with Crippen molar-refractivity contribution < 1.29 is 22.7 Å². The summed E-state index contributed by atoms with van der Waals surface area (Å²) in [5.41, 5.74) is 4.50. The second-order valence-corrected chi connectivity index (χ2v) is 3.69. The number of ether oxygens (including phenoxy) is 1. The van der Waals surface area contributed by atoms with E-state index in [1.807, 2.05) is 0 Å². The van der Waals surface area contributed by atoms with Crippen molar-refractivity contribution >= 4 is 29.9 Å². The van der Waals surface area contributed by atoms with E-state index in [0.29, 0.717) is 0 Å². The molecule has 1 unspecified atom stereocenters. The summed E-state index contributed by atoms with van der Waals surface area (Å²) in [5, 5.41) is 0. The fourth-order valence-electron chi connectivity index (χ4n) is 0.359. The molecule has 2 N–H and O–H groups in total. The van der Waals surface area contributed by atoms with Crippen LogP contribution in [-0.2, 0) is 9.53 Å². The fraction of sp³-hybridized carbons (Fsp3) is 0.857. The first-order valence-corrected chi connectivity index (χ1v) is 3.58. The van der Waals surface area contributed by atoms with Crippen LogP contribution in [0.15, 0.2) is 0 Å². The van der Waals surface area contributed by atoms with Gasteiger partial charge in [0.1, 0.15) is 0 Å². The third-order valence-corrected chi connectivity index (χ3v) is 1.32. The monoisotopic (exact) mass is 327 g/mol. The van der Waals surface area contributed by atoms with Gasteiger partial charge in [0.15, 0.2) is 6.23 Å². The van der Waals surface area contributed by atoms with Crippen LogP contribution in [0.3, 0.4) is 0 Å². The summed E-state index contributed by atoms with van der Waals surface area (Å²) in [5.74, 6) is -2.25. The van der Waals surface area contributed by atoms with Gasteiger partial charge in [-0.2, -0.15) is 13.2 Å². The van der Waals surface area contributed by atoms with Gasteiger partial charge in [-0.3, -0.25) is 5.73 Å². The molecule has 0 spiro atoms. The summed E-state index contributed by atoms with van der Waals surface area (Å²) in [4.78, 5) is 10.3. The summed E-state index contributed by atoms with van der Waals surface area (Å²) in [6.45, 7) is 4.71. The maximum atomic E-state index is 11.7. The van der Waals surface area contributed by atoms with Crippen molar-refractivity contribution in [2.24, 2.45) is 11.1 Å². The Morgan fingerprint density at radius 2 is 1.64 bits per heavy atom. The van der Waals surface area contributed by atoms with Gasteiger partial charge >= 0.3 is 12.1 Å². The van der Waals surface area contributed by atoms with Crippen LogP contribution in [0, 0.1) is 5.41 Å². The molecule has 0 aliphatic rings. The molecule has 0 heterocycles. The summed E-state index contributed by atoms with van der Waals surface area (Å²) in [6, 6.07) is 0. The lowest BCUT2D eigenvalue weighted by Crippen LogP contribution is -2.42. The third kappa shape index (κ3) is 5.63. The maximum Gasteiger partial charge on any atom is 0.490 e. The molecule has 0 saturated heterocycles. The molecule has 1 atom stereocenters. The lowest BCUT2D eigenvalue weighted by Gasteiger charge is -2.26. The van der Waals surface area contributed by atoms with Crippen molar-refractivity contribution in [1.82, 2.24) is 0 Å². The largest absolute Gasteiger partial charge is 0.490 e.